The van der Waals surface area contributed by atoms with Crippen molar-refractivity contribution in [3.05, 3.63) is 80.7 Å². The van der Waals surface area contributed by atoms with Crippen LogP contribution in [0.15, 0.2) is 51.7 Å². The summed E-state index contributed by atoms with van der Waals surface area (Å²) in [5.74, 6) is 0. The normalized spacial score (nSPS) is 19.8. The number of aryl methyl sites for hydroxylation is 3. The Bertz CT molecular complexity index is 1050. The van der Waals surface area contributed by atoms with E-state index < -0.39 is 0 Å². The van der Waals surface area contributed by atoms with Crippen molar-refractivity contribution in [1.82, 2.24) is 0 Å². The topological polar surface area (TPSA) is 39.1 Å². The highest BCUT2D eigenvalue weighted by Crippen LogP contribution is 2.22. The second kappa shape index (κ2) is 7.90. The molecule has 0 amide bonds. The lowest BCUT2D eigenvalue weighted by atomic mass is 10.0. The first-order chi connectivity index (χ1) is 13.5. The van der Waals surface area contributed by atoms with Gasteiger partial charge in [0.25, 0.3) is 0 Å². The molecule has 0 saturated carbocycles. The van der Waals surface area contributed by atoms with Crippen molar-refractivity contribution in [2.75, 3.05) is 26.2 Å². The van der Waals surface area contributed by atoms with Crippen molar-refractivity contribution in [2.24, 2.45) is 0 Å². The molecule has 4 nitrogen and oxygen atoms in total. The molecule has 0 aliphatic carbocycles. The Morgan fingerprint density at radius 1 is 0.821 bits per heavy atom. The van der Waals surface area contributed by atoms with Crippen LogP contribution < -0.4 is 15.4 Å². The van der Waals surface area contributed by atoms with E-state index in [1.165, 1.54) is 24.2 Å². The lowest BCUT2D eigenvalue weighted by Gasteiger charge is -2.30. The fraction of sp³-hybridized carbons (Fsp3) is 0.375. The Labute approximate surface area is 166 Å². The third kappa shape index (κ3) is 3.89. The predicted molar refractivity (Wildman–Crippen MR) is 112 cm³/mol. The van der Waals surface area contributed by atoms with Crippen LogP contribution in [0.2, 0.25) is 0 Å². The second-order valence-corrected chi connectivity index (χ2v) is 8.25. The minimum absolute atomic E-state index is 0.237. The summed E-state index contributed by atoms with van der Waals surface area (Å²) in [6.07, 6.45) is 0. The van der Waals surface area contributed by atoms with Gasteiger partial charge in [-0.3, -0.25) is 0 Å². The predicted octanol–water partition coefficient (Wildman–Crippen LogP) is 1.20. The van der Waals surface area contributed by atoms with Gasteiger partial charge in [-0.2, -0.15) is 0 Å². The summed E-state index contributed by atoms with van der Waals surface area (Å²) in [5.41, 5.74) is 6.71. The molecule has 0 unspecified atom stereocenters. The molecule has 2 N–H and O–H groups in total. The molecular weight excluding hydrogens is 348 g/mol. The summed E-state index contributed by atoms with van der Waals surface area (Å²) >= 11 is 0. The van der Waals surface area contributed by atoms with Crippen LogP contribution in [0.5, 0.6) is 0 Å². The van der Waals surface area contributed by atoms with Crippen molar-refractivity contribution in [3.8, 4) is 0 Å². The van der Waals surface area contributed by atoms with Gasteiger partial charge in [-0.05, 0) is 37.5 Å². The molecule has 1 aromatic heterocycles. The van der Waals surface area contributed by atoms with E-state index in [1.54, 1.807) is 15.9 Å². The highest BCUT2D eigenvalue weighted by Gasteiger charge is 2.24. The zero-order chi connectivity index (χ0) is 19.7. The average molecular weight is 379 g/mol. The minimum atomic E-state index is -0.237. The highest BCUT2D eigenvalue weighted by molar-refractivity contribution is 5.83. The van der Waals surface area contributed by atoms with E-state index in [0.717, 1.165) is 53.8 Å². The molecule has 0 bridgehead atoms. The van der Waals surface area contributed by atoms with Crippen LogP contribution >= 0.6 is 0 Å². The number of quaternary nitrogens is 2. The number of hydrogen-bond acceptors (Lipinski definition) is 2. The Hall–Kier alpha value is -2.43. The second-order valence-electron chi connectivity index (χ2n) is 8.25. The lowest BCUT2D eigenvalue weighted by Crippen LogP contribution is -3.27. The van der Waals surface area contributed by atoms with E-state index >= 15 is 0 Å². The van der Waals surface area contributed by atoms with Gasteiger partial charge in [0.05, 0.1) is 0 Å². The van der Waals surface area contributed by atoms with Gasteiger partial charge in [-0.15, -0.1) is 0 Å². The fourth-order valence-electron chi connectivity index (χ4n) is 4.33. The molecule has 1 aliphatic rings. The van der Waals surface area contributed by atoms with Crippen LogP contribution in [0.3, 0.4) is 0 Å². The Kier molecular flexibility index (Phi) is 5.33. The number of hydrogen-bond donors (Lipinski definition) is 2. The molecule has 2 heterocycles. The van der Waals surface area contributed by atoms with Crippen LogP contribution in [0.1, 0.15) is 27.8 Å². The van der Waals surface area contributed by atoms with Gasteiger partial charge in [-0.1, -0.05) is 36.4 Å². The van der Waals surface area contributed by atoms with Crippen molar-refractivity contribution >= 4 is 11.0 Å². The molecule has 4 heteroatoms. The summed E-state index contributed by atoms with van der Waals surface area (Å²) in [5, 5.41) is 1.09. The minimum Gasteiger partial charge on any atom is -0.422 e. The van der Waals surface area contributed by atoms with Gasteiger partial charge in [-0.25, -0.2) is 4.79 Å². The molecule has 2 aromatic carbocycles. The molecule has 0 radical (unpaired) electrons. The summed E-state index contributed by atoms with van der Waals surface area (Å²) in [6.45, 7) is 12.9. The van der Waals surface area contributed by atoms with E-state index in [0.29, 0.717) is 0 Å². The van der Waals surface area contributed by atoms with Crippen LogP contribution in [-0.4, -0.2) is 26.2 Å². The summed E-state index contributed by atoms with van der Waals surface area (Å²) in [4.78, 5) is 15.3. The van der Waals surface area contributed by atoms with E-state index in [-0.39, 0.29) is 5.63 Å². The van der Waals surface area contributed by atoms with Gasteiger partial charge in [0, 0.05) is 22.6 Å². The van der Waals surface area contributed by atoms with Gasteiger partial charge in [0.1, 0.15) is 44.9 Å². The number of rotatable bonds is 4. The first-order valence-corrected chi connectivity index (χ1v) is 10.3. The standard InChI is InChI=1S/C24H28N2O2/c1-17-8-9-22-21(14-23(27)28-24(22)19(17)3)16-26-12-10-25(11-13-26)15-20-7-5-4-6-18(20)2/h4-9,14H,10-13,15-16H2,1-3H3/p+2. The van der Waals surface area contributed by atoms with Crippen molar-refractivity contribution in [1.29, 1.82) is 0 Å². The Balaban J connectivity index is 1.46. The molecular formula is C24H30N2O2+2. The molecule has 0 atom stereocenters. The van der Waals surface area contributed by atoms with Gasteiger partial charge in [0.15, 0.2) is 0 Å². The Morgan fingerprint density at radius 3 is 2.14 bits per heavy atom. The van der Waals surface area contributed by atoms with E-state index in [4.69, 9.17) is 4.42 Å². The lowest BCUT2D eigenvalue weighted by molar-refractivity contribution is -1.02. The molecule has 146 valence electrons. The maximum absolute atomic E-state index is 12.1. The zero-order valence-electron chi connectivity index (χ0n) is 17.1. The SMILES string of the molecule is Cc1ccccc1C[NH+]1CC[NH+](Cc2cc(=O)oc3c(C)c(C)ccc23)CC1. The first-order valence-electron chi connectivity index (χ1n) is 10.3. The number of benzene rings is 2. The molecule has 1 saturated heterocycles. The number of piperazine rings is 1. The van der Waals surface area contributed by atoms with Gasteiger partial charge in [0.2, 0.25) is 0 Å². The number of nitrogens with one attached hydrogen (secondary N) is 2. The van der Waals surface area contributed by atoms with Crippen LogP contribution in [-0.2, 0) is 13.1 Å². The molecule has 3 aromatic rings. The maximum atomic E-state index is 12.1. The molecule has 1 aliphatic heterocycles. The van der Waals surface area contributed by atoms with Crippen LogP contribution in [0.25, 0.3) is 11.0 Å². The summed E-state index contributed by atoms with van der Waals surface area (Å²) in [6, 6.07) is 14.6. The number of fused-ring (bicyclic) bond motifs is 1. The summed E-state index contributed by atoms with van der Waals surface area (Å²) in [7, 11) is 0. The van der Waals surface area contributed by atoms with E-state index in [1.807, 2.05) is 6.92 Å². The quantitative estimate of drug-likeness (QED) is 0.670. The zero-order valence-corrected chi connectivity index (χ0v) is 17.1. The maximum Gasteiger partial charge on any atom is 0.336 e. The van der Waals surface area contributed by atoms with Gasteiger partial charge < -0.3 is 14.2 Å². The third-order valence-electron chi connectivity index (χ3n) is 6.32. The molecule has 4 rings (SSSR count). The monoisotopic (exact) mass is 378 g/mol. The first kappa shape index (κ1) is 18.9. The highest BCUT2D eigenvalue weighted by atomic mass is 16.4. The average Bonchev–Trinajstić information content (AvgIpc) is 2.68. The van der Waals surface area contributed by atoms with Gasteiger partial charge >= 0.3 is 5.63 Å². The molecule has 0 spiro atoms. The smallest absolute Gasteiger partial charge is 0.336 e. The third-order valence-corrected chi connectivity index (χ3v) is 6.32. The van der Waals surface area contributed by atoms with E-state index in [2.05, 4.69) is 50.2 Å². The van der Waals surface area contributed by atoms with Crippen molar-refractivity contribution in [2.45, 2.75) is 33.9 Å². The Morgan fingerprint density at radius 2 is 1.46 bits per heavy atom. The fourth-order valence-corrected chi connectivity index (χ4v) is 4.33. The van der Waals surface area contributed by atoms with Crippen molar-refractivity contribution in [3.63, 3.8) is 0 Å². The molecule has 28 heavy (non-hydrogen) atoms. The van der Waals surface area contributed by atoms with Crippen LogP contribution in [0.4, 0.5) is 0 Å². The summed E-state index contributed by atoms with van der Waals surface area (Å²) < 4.78 is 5.53. The largest absolute Gasteiger partial charge is 0.422 e. The van der Waals surface area contributed by atoms with E-state index in [9.17, 15) is 4.79 Å². The molecule has 1 fully saturated rings. The van der Waals surface area contributed by atoms with Crippen molar-refractivity contribution < 1.29 is 14.2 Å². The van der Waals surface area contributed by atoms with Crippen LogP contribution in [0, 0.1) is 20.8 Å².